The van der Waals surface area contributed by atoms with Gasteiger partial charge in [0.15, 0.2) is 0 Å². The van der Waals surface area contributed by atoms with Crippen molar-refractivity contribution in [3.8, 4) is 0 Å². The first-order chi connectivity index (χ1) is 8.06. The Balaban J connectivity index is 2.67. The molecule has 1 rings (SSSR count). The maximum absolute atomic E-state index is 12.3. The molecule has 0 saturated heterocycles. The molecule has 0 fully saturated rings. The number of halogens is 1. The predicted molar refractivity (Wildman–Crippen MR) is 75.1 cm³/mol. The van der Waals surface area contributed by atoms with Gasteiger partial charge in [0.05, 0.1) is 20.7 Å². The zero-order chi connectivity index (χ0) is 12.8. The molecule has 96 valence electrons. The highest BCUT2D eigenvalue weighted by Gasteiger charge is 2.17. The van der Waals surface area contributed by atoms with Gasteiger partial charge in [-0.2, -0.15) is 0 Å². The number of nitrogens with one attached hydrogen (secondary N) is 1. The summed E-state index contributed by atoms with van der Waals surface area (Å²) in [6.07, 6.45) is 0.881. The molecule has 0 radical (unpaired) electrons. The summed E-state index contributed by atoms with van der Waals surface area (Å²) in [5.41, 5.74) is 0. The van der Waals surface area contributed by atoms with Crippen molar-refractivity contribution in [3.63, 3.8) is 0 Å². The van der Waals surface area contributed by atoms with E-state index in [0.29, 0.717) is 11.1 Å². The van der Waals surface area contributed by atoms with Crippen LogP contribution in [0.5, 0.6) is 0 Å². The van der Waals surface area contributed by atoms with Gasteiger partial charge in [0.25, 0.3) is 0 Å². The van der Waals surface area contributed by atoms with Crippen molar-refractivity contribution in [1.82, 2.24) is 5.32 Å². The lowest BCUT2D eigenvalue weighted by molar-refractivity contribution is 0.524. The molecule has 4 heteroatoms. The van der Waals surface area contributed by atoms with Crippen LogP contribution in [0.25, 0.3) is 0 Å². The quantitative estimate of drug-likeness (QED) is 0.862. The lowest BCUT2D eigenvalue weighted by Gasteiger charge is -2.18. The normalized spacial score (nSPS) is 16.5. The van der Waals surface area contributed by atoms with E-state index in [1.807, 2.05) is 25.1 Å². The summed E-state index contributed by atoms with van der Waals surface area (Å²) in [4.78, 5) is 0.741. The average molecular weight is 274 g/mol. The van der Waals surface area contributed by atoms with Crippen LogP contribution in [0.2, 0.25) is 5.02 Å². The van der Waals surface area contributed by atoms with Gasteiger partial charge >= 0.3 is 0 Å². The molecule has 0 bridgehead atoms. The third-order valence-corrected chi connectivity index (χ3v) is 4.81. The molecule has 0 aromatic heterocycles. The lowest BCUT2D eigenvalue weighted by Crippen LogP contribution is -2.30. The smallest absolute Gasteiger partial charge is 0.0577 e. The van der Waals surface area contributed by atoms with Crippen LogP contribution in [0.3, 0.4) is 0 Å². The lowest BCUT2D eigenvalue weighted by atomic mass is 10.2. The van der Waals surface area contributed by atoms with Gasteiger partial charge < -0.3 is 5.32 Å². The van der Waals surface area contributed by atoms with Gasteiger partial charge in [-0.25, -0.2) is 0 Å². The van der Waals surface area contributed by atoms with Gasteiger partial charge in [0.1, 0.15) is 0 Å². The second-order valence-corrected chi connectivity index (χ2v) is 6.48. The van der Waals surface area contributed by atoms with Crippen molar-refractivity contribution >= 4 is 22.4 Å². The van der Waals surface area contributed by atoms with Gasteiger partial charge in [-0.15, -0.1) is 0 Å². The highest BCUT2D eigenvalue weighted by molar-refractivity contribution is 7.85. The fourth-order valence-corrected chi connectivity index (χ4v) is 3.58. The first-order valence-corrected chi connectivity index (χ1v) is 7.53. The van der Waals surface area contributed by atoms with Crippen molar-refractivity contribution in [2.45, 2.75) is 43.4 Å². The zero-order valence-corrected chi connectivity index (χ0v) is 12.1. The van der Waals surface area contributed by atoms with E-state index in [9.17, 15) is 4.21 Å². The van der Waals surface area contributed by atoms with E-state index in [1.165, 1.54) is 0 Å². The molecule has 1 N–H and O–H groups in total. The van der Waals surface area contributed by atoms with Crippen molar-refractivity contribution in [2.24, 2.45) is 0 Å². The maximum atomic E-state index is 12.3. The van der Waals surface area contributed by atoms with Gasteiger partial charge in [-0.1, -0.05) is 37.6 Å². The third-order valence-electron chi connectivity index (χ3n) is 2.66. The van der Waals surface area contributed by atoms with Crippen LogP contribution in [0, 0.1) is 0 Å². The van der Waals surface area contributed by atoms with Gasteiger partial charge in [-0.05, 0) is 32.0 Å². The van der Waals surface area contributed by atoms with Crippen LogP contribution >= 0.6 is 11.6 Å². The highest BCUT2D eigenvalue weighted by atomic mass is 35.5. The molecule has 3 unspecified atom stereocenters. The van der Waals surface area contributed by atoms with Gasteiger partial charge in [0.2, 0.25) is 0 Å². The average Bonchev–Trinajstić information content (AvgIpc) is 2.29. The van der Waals surface area contributed by atoms with E-state index in [-0.39, 0.29) is 5.25 Å². The molecule has 1 aromatic rings. The summed E-state index contributed by atoms with van der Waals surface area (Å²) in [6.45, 7) is 7.13. The molecule has 0 saturated carbocycles. The molecule has 2 nitrogen and oxygen atoms in total. The summed E-state index contributed by atoms with van der Waals surface area (Å²) in [7, 11) is -1.04. The van der Waals surface area contributed by atoms with E-state index in [0.717, 1.165) is 17.9 Å². The number of benzene rings is 1. The van der Waals surface area contributed by atoms with Gasteiger partial charge in [0, 0.05) is 11.3 Å². The summed E-state index contributed by atoms with van der Waals surface area (Å²) >= 11 is 6.05. The summed E-state index contributed by atoms with van der Waals surface area (Å²) < 4.78 is 12.3. The molecule has 0 aliphatic heterocycles. The van der Waals surface area contributed by atoms with E-state index < -0.39 is 10.8 Å². The Kier molecular flexibility index (Phi) is 6.17. The predicted octanol–water partition coefficient (Wildman–Crippen LogP) is 3.22. The largest absolute Gasteiger partial charge is 0.314 e. The molecule has 0 amide bonds. The maximum Gasteiger partial charge on any atom is 0.0577 e. The van der Waals surface area contributed by atoms with Crippen LogP contribution in [0.4, 0.5) is 0 Å². The first-order valence-electron chi connectivity index (χ1n) is 5.94. The molecular formula is C13H20ClNOS. The first kappa shape index (κ1) is 14.7. The number of hydrogen-bond acceptors (Lipinski definition) is 2. The van der Waals surface area contributed by atoms with E-state index in [1.54, 1.807) is 6.07 Å². The van der Waals surface area contributed by atoms with Gasteiger partial charge in [-0.3, -0.25) is 4.21 Å². The second-order valence-electron chi connectivity index (χ2n) is 4.23. The summed E-state index contributed by atoms with van der Waals surface area (Å²) in [5.74, 6) is 0. The Labute approximate surface area is 111 Å². The summed E-state index contributed by atoms with van der Waals surface area (Å²) in [5, 5.41) is 4.02. The zero-order valence-electron chi connectivity index (χ0n) is 10.6. The SMILES string of the molecule is CCNC(C)CC(C)S(=O)c1ccccc1Cl. The highest BCUT2D eigenvalue weighted by Crippen LogP contribution is 2.22. The Morgan fingerprint density at radius 2 is 2.00 bits per heavy atom. The minimum atomic E-state index is -1.04. The Morgan fingerprint density at radius 1 is 1.35 bits per heavy atom. The minimum Gasteiger partial charge on any atom is -0.314 e. The summed E-state index contributed by atoms with van der Waals surface area (Å²) in [6, 6.07) is 7.73. The van der Waals surface area contributed by atoms with E-state index in [4.69, 9.17) is 11.6 Å². The van der Waals surface area contributed by atoms with Crippen LogP contribution in [-0.2, 0) is 10.8 Å². The molecule has 0 aliphatic carbocycles. The molecular weight excluding hydrogens is 254 g/mol. The van der Waals surface area contributed by atoms with Crippen LogP contribution in [-0.4, -0.2) is 22.0 Å². The fourth-order valence-electron chi connectivity index (χ4n) is 1.84. The Bertz CT molecular complexity index is 383. The Hall–Kier alpha value is -0.380. The van der Waals surface area contributed by atoms with E-state index >= 15 is 0 Å². The number of hydrogen-bond donors (Lipinski definition) is 1. The van der Waals surface area contributed by atoms with Crippen molar-refractivity contribution in [3.05, 3.63) is 29.3 Å². The van der Waals surface area contributed by atoms with Crippen LogP contribution < -0.4 is 5.32 Å². The second kappa shape index (κ2) is 7.14. The van der Waals surface area contributed by atoms with Crippen molar-refractivity contribution in [1.29, 1.82) is 0 Å². The molecule has 3 atom stereocenters. The van der Waals surface area contributed by atoms with Crippen LogP contribution in [0.1, 0.15) is 27.2 Å². The van der Waals surface area contributed by atoms with E-state index in [2.05, 4.69) is 19.2 Å². The fraction of sp³-hybridized carbons (Fsp3) is 0.538. The standard InChI is InChI=1S/C13H20ClNOS/c1-4-15-10(2)9-11(3)17(16)13-8-6-5-7-12(13)14/h5-8,10-11,15H,4,9H2,1-3H3. The molecule has 1 aromatic carbocycles. The van der Waals surface area contributed by atoms with Crippen LogP contribution in [0.15, 0.2) is 29.2 Å². The molecule has 17 heavy (non-hydrogen) atoms. The monoisotopic (exact) mass is 273 g/mol. The van der Waals surface area contributed by atoms with Crippen molar-refractivity contribution in [2.75, 3.05) is 6.54 Å². The molecule has 0 aliphatic rings. The topological polar surface area (TPSA) is 29.1 Å². The third kappa shape index (κ3) is 4.41. The Morgan fingerprint density at radius 3 is 2.59 bits per heavy atom. The van der Waals surface area contributed by atoms with Crippen molar-refractivity contribution < 1.29 is 4.21 Å². The minimum absolute atomic E-state index is 0.101. The molecule has 0 heterocycles. The molecule has 0 spiro atoms. The number of rotatable bonds is 6.